The van der Waals surface area contributed by atoms with Crippen molar-refractivity contribution in [2.24, 2.45) is 5.92 Å². The van der Waals surface area contributed by atoms with Gasteiger partial charge in [0.15, 0.2) is 5.65 Å². The number of nitro benzene ring substituents is 1. The predicted molar refractivity (Wildman–Crippen MR) is 140 cm³/mol. The van der Waals surface area contributed by atoms with Gasteiger partial charge in [-0.1, -0.05) is 18.2 Å². The van der Waals surface area contributed by atoms with Crippen LogP contribution in [0.15, 0.2) is 65.8 Å². The van der Waals surface area contributed by atoms with Crippen LogP contribution in [0.2, 0.25) is 0 Å². The summed E-state index contributed by atoms with van der Waals surface area (Å²) in [5, 5.41) is 18.3. The average Bonchev–Trinajstić information content (AvgIpc) is 3.54. The second-order valence-electron chi connectivity index (χ2n) is 9.10. The fourth-order valence-electron chi connectivity index (χ4n) is 4.53. The minimum absolute atomic E-state index is 0.0261. The van der Waals surface area contributed by atoms with Gasteiger partial charge in [-0.25, -0.2) is 9.67 Å². The van der Waals surface area contributed by atoms with Crippen LogP contribution in [-0.2, 0) is 22.7 Å². The molecule has 0 saturated carbocycles. The van der Waals surface area contributed by atoms with E-state index in [1.807, 2.05) is 0 Å². The molecule has 1 atom stereocenters. The van der Waals surface area contributed by atoms with Gasteiger partial charge in [0.05, 0.1) is 37.2 Å². The van der Waals surface area contributed by atoms with Gasteiger partial charge < -0.3 is 15.0 Å². The van der Waals surface area contributed by atoms with Gasteiger partial charge in [0.2, 0.25) is 11.8 Å². The molecule has 13 heteroatoms. The summed E-state index contributed by atoms with van der Waals surface area (Å²) in [6.45, 7) is 1.01. The lowest BCUT2D eigenvalue weighted by Crippen LogP contribution is -2.35. The molecular weight excluding hydrogens is 506 g/mol. The van der Waals surface area contributed by atoms with Gasteiger partial charge in [0.1, 0.15) is 17.5 Å². The molecule has 1 unspecified atom stereocenters. The zero-order chi connectivity index (χ0) is 27.5. The number of fused-ring (bicyclic) bond motifs is 1. The highest BCUT2D eigenvalue weighted by molar-refractivity contribution is 6.00. The Morgan fingerprint density at radius 3 is 2.74 bits per heavy atom. The number of anilines is 1. The Balaban J connectivity index is 1.19. The summed E-state index contributed by atoms with van der Waals surface area (Å²) in [7, 11) is 1.55. The van der Waals surface area contributed by atoms with Crippen LogP contribution in [0.25, 0.3) is 11.0 Å². The van der Waals surface area contributed by atoms with E-state index in [2.05, 4.69) is 15.4 Å². The summed E-state index contributed by atoms with van der Waals surface area (Å²) in [5.41, 5.74) is 1.46. The van der Waals surface area contributed by atoms with Crippen LogP contribution in [0.3, 0.4) is 0 Å². The molecule has 4 aromatic rings. The van der Waals surface area contributed by atoms with Gasteiger partial charge in [0, 0.05) is 43.4 Å². The Morgan fingerprint density at radius 2 is 2.00 bits per heavy atom. The van der Waals surface area contributed by atoms with Crippen molar-refractivity contribution in [1.29, 1.82) is 0 Å². The number of hydrogen-bond donors (Lipinski definition) is 1. The first-order valence-electron chi connectivity index (χ1n) is 12.2. The van der Waals surface area contributed by atoms with Crippen LogP contribution >= 0.6 is 0 Å². The van der Waals surface area contributed by atoms with Gasteiger partial charge in [-0.2, -0.15) is 5.10 Å². The molecule has 0 spiro atoms. The van der Waals surface area contributed by atoms with E-state index in [1.54, 1.807) is 48.4 Å². The van der Waals surface area contributed by atoms with E-state index in [1.165, 1.54) is 33.9 Å². The summed E-state index contributed by atoms with van der Waals surface area (Å²) in [4.78, 5) is 54.6. The van der Waals surface area contributed by atoms with E-state index in [0.717, 1.165) is 0 Å². The third kappa shape index (κ3) is 5.32. The number of aromatic nitrogens is 4. The van der Waals surface area contributed by atoms with Crippen LogP contribution in [0, 0.1) is 16.0 Å². The molecule has 2 aromatic heterocycles. The van der Waals surface area contributed by atoms with Crippen molar-refractivity contribution in [2.75, 3.05) is 25.1 Å². The largest absolute Gasteiger partial charge is 0.497 e. The summed E-state index contributed by atoms with van der Waals surface area (Å²) < 4.78 is 8.17. The zero-order valence-electron chi connectivity index (χ0n) is 21.0. The van der Waals surface area contributed by atoms with E-state index >= 15 is 0 Å². The summed E-state index contributed by atoms with van der Waals surface area (Å²) in [5.74, 6) is -0.214. The maximum Gasteiger partial charge on any atom is 0.269 e. The Labute approximate surface area is 221 Å². The molecule has 1 aliphatic rings. The Kier molecular flexibility index (Phi) is 7.04. The Bertz CT molecular complexity index is 1610. The molecule has 0 aliphatic carbocycles. The minimum Gasteiger partial charge on any atom is -0.497 e. The summed E-state index contributed by atoms with van der Waals surface area (Å²) in [6, 6.07) is 13.1. The molecule has 1 N–H and O–H groups in total. The monoisotopic (exact) mass is 531 g/mol. The Morgan fingerprint density at radius 1 is 1.21 bits per heavy atom. The van der Waals surface area contributed by atoms with Crippen LogP contribution < -0.4 is 20.5 Å². The lowest BCUT2D eigenvalue weighted by atomic mass is 10.1. The number of carbonyl (C=O) groups excluding carboxylic acids is 2. The highest BCUT2D eigenvalue weighted by Crippen LogP contribution is 2.28. The maximum absolute atomic E-state index is 12.9. The summed E-state index contributed by atoms with van der Waals surface area (Å²) in [6.07, 6.45) is 2.95. The fraction of sp³-hybridized carbons (Fsp3) is 0.269. The quantitative estimate of drug-likeness (QED) is 0.253. The van der Waals surface area contributed by atoms with Crippen molar-refractivity contribution in [3.63, 3.8) is 0 Å². The zero-order valence-corrected chi connectivity index (χ0v) is 21.0. The van der Waals surface area contributed by atoms with Crippen molar-refractivity contribution in [1.82, 2.24) is 24.6 Å². The number of benzene rings is 2. The molecular formula is C26H25N7O6. The van der Waals surface area contributed by atoms with Gasteiger partial charge in [0.25, 0.3) is 11.2 Å². The van der Waals surface area contributed by atoms with E-state index in [9.17, 15) is 24.5 Å². The number of amides is 2. The van der Waals surface area contributed by atoms with Crippen molar-refractivity contribution in [3.05, 3.63) is 87.1 Å². The second-order valence-corrected chi connectivity index (χ2v) is 9.10. The van der Waals surface area contributed by atoms with Crippen LogP contribution in [0.5, 0.6) is 5.75 Å². The average molecular weight is 532 g/mol. The normalized spacial score (nSPS) is 15.1. The molecule has 13 nitrogen and oxygen atoms in total. The number of nitro groups is 1. The fourth-order valence-corrected chi connectivity index (χ4v) is 4.53. The number of methoxy groups -OCH3 is 1. The number of nitrogens with one attached hydrogen (secondary N) is 1. The van der Waals surface area contributed by atoms with E-state index in [-0.39, 0.29) is 55.7 Å². The van der Waals surface area contributed by atoms with E-state index in [0.29, 0.717) is 28.0 Å². The molecule has 0 radical (unpaired) electrons. The maximum atomic E-state index is 12.9. The van der Waals surface area contributed by atoms with Crippen LogP contribution in [0.4, 0.5) is 11.4 Å². The second kappa shape index (κ2) is 10.7. The van der Waals surface area contributed by atoms with E-state index in [4.69, 9.17) is 4.74 Å². The van der Waals surface area contributed by atoms with Gasteiger partial charge >= 0.3 is 0 Å². The number of ether oxygens (including phenoxy) is 1. The SMILES string of the molecule is COc1cccc(N2CC(C(=O)NCCn3ncc4c(=O)n(Cc5ccc([N+](=O)[O-])cc5)cnc43)CC2=O)c1. The predicted octanol–water partition coefficient (Wildman–Crippen LogP) is 1.73. The first-order chi connectivity index (χ1) is 18.8. The van der Waals surface area contributed by atoms with E-state index < -0.39 is 10.8 Å². The minimum atomic E-state index is -0.484. The molecule has 1 aliphatic heterocycles. The van der Waals surface area contributed by atoms with Crippen molar-refractivity contribution < 1.29 is 19.2 Å². The lowest BCUT2D eigenvalue weighted by molar-refractivity contribution is -0.384. The molecule has 2 aromatic carbocycles. The first kappa shape index (κ1) is 25.6. The van der Waals surface area contributed by atoms with Gasteiger partial charge in [-0.05, 0) is 17.7 Å². The molecule has 5 rings (SSSR count). The Hall–Kier alpha value is -5.07. The third-order valence-electron chi connectivity index (χ3n) is 6.61. The van der Waals surface area contributed by atoms with Crippen molar-refractivity contribution >= 4 is 34.2 Å². The number of rotatable bonds is 9. The highest BCUT2D eigenvalue weighted by atomic mass is 16.6. The molecule has 2 amide bonds. The highest BCUT2D eigenvalue weighted by Gasteiger charge is 2.35. The molecule has 1 saturated heterocycles. The smallest absolute Gasteiger partial charge is 0.269 e. The standard InChI is InChI=1S/C26H25N7O6/c1-39-21-4-2-3-20(12-21)31-15-18(11-23(31)34)25(35)27-9-10-32-24-22(13-29-32)26(36)30(16-28-24)14-17-5-7-19(8-6-17)33(37)38/h2-8,12-13,16,18H,9-11,14-15H2,1H3,(H,27,35). The number of nitrogens with zero attached hydrogens (tertiary/aromatic N) is 6. The number of carbonyl (C=O) groups is 2. The van der Waals surface area contributed by atoms with Crippen LogP contribution in [0.1, 0.15) is 12.0 Å². The molecule has 1 fully saturated rings. The van der Waals surface area contributed by atoms with Crippen molar-refractivity contribution in [3.8, 4) is 5.75 Å². The third-order valence-corrected chi connectivity index (χ3v) is 6.61. The lowest BCUT2D eigenvalue weighted by Gasteiger charge is -2.17. The van der Waals surface area contributed by atoms with Crippen molar-refractivity contribution in [2.45, 2.75) is 19.5 Å². The number of non-ortho nitro benzene ring substituents is 1. The van der Waals surface area contributed by atoms with Gasteiger partial charge in [-0.15, -0.1) is 0 Å². The molecule has 39 heavy (non-hydrogen) atoms. The van der Waals surface area contributed by atoms with Crippen LogP contribution in [-0.4, -0.2) is 56.3 Å². The molecule has 200 valence electrons. The molecule has 3 heterocycles. The number of hydrogen-bond acceptors (Lipinski definition) is 8. The van der Waals surface area contributed by atoms with Gasteiger partial charge in [-0.3, -0.25) is 29.1 Å². The first-order valence-corrected chi connectivity index (χ1v) is 12.2. The topological polar surface area (TPSA) is 154 Å². The summed E-state index contributed by atoms with van der Waals surface area (Å²) >= 11 is 0. The molecule has 0 bridgehead atoms.